The molecule has 2 N–H and O–H groups in total. The van der Waals surface area contributed by atoms with Crippen molar-refractivity contribution in [3.8, 4) is 22.6 Å². The average molecular weight is 286 g/mol. The van der Waals surface area contributed by atoms with Crippen molar-refractivity contribution < 1.29 is 14.0 Å². The minimum Gasteiger partial charge on any atom is -0.486 e. The van der Waals surface area contributed by atoms with Crippen LogP contribution in [0.4, 0.5) is 5.88 Å². The number of anilines is 1. The van der Waals surface area contributed by atoms with E-state index in [2.05, 4.69) is 19.0 Å². The zero-order chi connectivity index (χ0) is 14.6. The van der Waals surface area contributed by atoms with Crippen LogP contribution in [-0.2, 0) is 0 Å². The monoisotopic (exact) mass is 286 g/mol. The molecule has 21 heavy (non-hydrogen) atoms. The topological polar surface area (TPSA) is 70.5 Å². The lowest BCUT2D eigenvalue weighted by atomic mass is 9.99. The number of hydrogen-bond donors (Lipinski definition) is 1. The molecular formula is C16H18N2O3. The molecule has 2 heterocycles. The summed E-state index contributed by atoms with van der Waals surface area (Å²) < 4.78 is 16.4. The summed E-state index contributed by atoms with van der Waals surface area (Å²) in [5.74, 6) is 2.29. The van der Waals surface area contributed by atoms with Gasteiger partial charge in [0.25, 0.3) is 0 Å². The van der Waals surface area contributed by atoms with Crippen molar-refractivity contribution in [2.24, 2.45) is 5.41 Å². The Labute approximate surface area is 123 Å². The first kappa shape index (κ1) is 12.6. The summed E-state index contributed by atoms with van der Waals surface area (Å²) in [5.41, 5.74) is 9.08. The Morgan fingerprint density at radius 3 is 2.62 bits per heavy atom. The highest BCUT2D eigenvalue weighted by molar-refractivity contribution is 5.78. The molecular weight excluding hydrogens is 268 g/mol. The van der Waals surface area contributed by atoms with Crippen LogP contribution in [0.25, 0.3) is 11.1 Å². The van der Waals surface area contributed by atoms with Gasteiger partial charge in [0.05, 0.1) is 11.3 Å². The van der Waals surface area contributed by atoms with Crippen LogP contribution >= 0.6 is 0 Å². The summed E-state index contributed by atoms with van der Waals surface area (Å²) in [6, 6.07) is 5.85. The van der Waals surface area contributed by atoms with E-state index < -0.39 is 0 Å². The van der Waals surface area contributed by atoms with Crippen LogP contribution in [0.1, 0.15) is 31.9 Å². The van der Waals surface area contributed by atoms with Crippen molar-refractivity contribution in [3.05, 3.63) is 23.9 Å². The van der Waals surface area contributed by atoms with Crippen molar-refractivity contribution in [2.75, 3.05) is 18.9 Å². The lowest BCUT2D eigenvalue weighted by Gasteiger charge is -2.18. The van der Waals surface area contributed by atoms with E-state index in [1.54, 1.807) is 0 Å². The minimum atomic E-state index is 0.270. The number of aromatic nitrogens is 1. The third kappa shape index (κ3) is 1.95. The SMILES string of the molecule is CC1(C)CC1c1noc(N)c1-c1ccc2c(c1)OCCO2. The molecule has 5 nitrogen and oxygen atoms in total. The Morgan fingerprint density at radius 2 is 1.90 bits per heavy atom. The molecule has 4 rings (SSSR count). The van der Waals surface area contributed by atoms with E-state index in [0.717, 1.165) is 34.7 Å². The highest BCUT2D eigenvalue weighted by atomic mass is 16.6. The van der Waals surface area contributed by atoms with Crippen molar-refractivity contribution >= 4 is 5.88 Å². The average Bonchev–Trinajstić information content (AvgIpc) is 2.93. The van der Waals surface area contributed by atoms with Crippen LogP contribution in [0.2, 0.25) is 0 Å². The van der Waals surface area contributed by atoms with Gasteiger partial charge in [-0.1, -0.05) is 25.1 Å². The Kier molecular flexibility index (Phi) is 2.49. The molecule has 5 heteroatoms. The van der Waals surface area contributed by atoms with Crippen LogP contribution in [0.5, 0.6) is 11.5 Å². The van der Waals surface area contributed by atoms with Gasteiger partial charge in [-0.2, -0.15) is 0 Å². The summed E-state index contributed by atoms with van der Waals surface area (Å²) >= 11 is 0. The molecule has 1 aromatic carbocycles. The highest BCUT2D eigenvalue weighted by Gasteiger charge is 2.50. The lowest BCUT2D eigenvalue weighted by molar-refractivity contribution is 0.171. The van der Waals surface area contributed by atoms with Crippen LogP contribution in [0.15, 0.2) is 22.7 Å². The van der Waals surface area contributed by atoms with E-state index in [1.165, 1.54) is 0 Å². The fourth-order valence-electron chi connectivity index (χ4n) is 2.98. The summed E-state index contributed by atoms with van der Waals surface area (Å²) in [5, 5.41) is 4.19. The number of benzene rings is 1. The Bertz CT molecular complexity index is 706. The first-order valence-corrected chi connectivity index (χ1v) is 7.21. The third-order valence-electron chi connectivity index (χ3n) is 4.42. The molecule has 0 spiro atoms. The van der Waals surface area contributed by atoms with Crippen LogP contribution in [-0.4, -0.2) is 18.4 Å². The summed E-state index contributed by atoms with van der Waals surface area (Å²) in [6.45, 7) is 5.62. The normalized spacial score (nSPS) is 22.1. The minimum absolute atomic E-state index is 0.270. The molecule has 2 aromatic rings. The fourth-order valence-corrected chi connectivity index (χ4v) is 2.98. The smallest absolute Gasteiger partial charge is 0.230 e. The van der Waals surface area contributed by atoms with E-state index in [1.807, 2.05) is 18.2 Å². The maximum atomic E-state index is 6.00. The van der Waals surface area contributed by atoms with Gasteiger partial charge in [-0.3, -0.25) is 0 Å². The van der Waals surface area contributed by atoms with Gasteiger partial charge < -0.3 is 19.7 Å². The number of ether oxygens (including phenoxy) is 2. The van der Waals surface area contributed by atoms with Gasteiger partial charge >= 0.3 is 0 Å². The first-order chi connectivity index (χ1) is 10.1. The zero-order valence-corrected chi connectivity index (χ0v) is 12.2. The van der Waals surface area contributed by atoms with Gasteiger partial charge in [-0.15, -0.1) is 0 Å². The van der Waals surface area contributed by atoms with Crippen molar-refractivity contribution in [1.29, 1.82) is 0 Å². The zero-order valence-electron chi connectivity index (χ0n) is 12.2. The number of rotatable bonds is 2. The molecule has 1 saturated carbocycles. The Morgan fingerprint density at radius 1 is 1.19 bits per heavy atom. The maximum Gasteiger partial charge on any atom is 0.230 e. The quantitative estimate of drug-likeness (QED) is 0.918. The molecule has 1 unspecified atom stereocenters. The predicted octanol–water partition coefficient (Wildman–Crippen LogP) is 3.21. The molecule has 1 aliphatic heterocycles. The van der Waals surface area contributed by atoms with E-state index in [-0.39, 0.29) is 5.41 Å². The molecule has 110 valence electrons. The number of hydrogen-bond acceptors (Lipinski definition) is 5. The summed E-state index contributed by atoms with van der Waals surface area (Å²) in [7, 11) is 0. The highest BCUT2D eigenvalue weighted by Crippen LogP contribution is 2.60. The van der Waals surface area contributed by atoms with E-state index in [4.69, 9.17) is 19.7 Å². The predicted molar refractivity (Wildman–Crippen MR) is 78.5 cm³/mol. The molecule has 1 fully saturated rings. The fraction of sp³-hybridized carbons (Fsp3) is 0.438. The van der Waals surface area contributed by atoms with E-state index in [9.17, 15) is 0 Å². The van der Waals surface area contributed by atoms with Crippen molar-refractivity contribution in [3.63, 3.8) is 0 Å². The van der Waals surface area contributed by atoms with E-state index >= 15 is 0 Å². The van der Waals surface area contributed by atoms with Crippen molar-refractivity contribution in [1.82, 2.24) is 5.16 Å². The third-order valence-corrected chi connectivity index (χ3v) is 4.42. The molecule has 1 aromatic heterocycles. The largest absolute Gasteiger partial charge is 0.486 e. The maximum absolute atomic E-state index is 6.00. The number of nitrogen functional groups attached to an aromatic ring is 1. The van der Waals surface area contributed by atoms with Gasteiger partial charge in [0.15, 0.2) is 11.5 Å². The summed E-state index contributed by atoms with van der Waals surface area (Å²) in [6.07, 6.45) is 1.11. The molecule has 2 aliphatic rings. The van der Waals surface area contributed by atoms with Crippen molar-refractivity contribution in [2.45, 2.75) is 26.2 Å². The number of nitrogens with two attached hydrogens (primary N) is 1. The number of fused-ring (bicyclic) bond motifs is 1. The van der Waals surface area contributed by atoms with E-state index in [0.29, 0.717) is 25.0 Å². The lowest BCUT2D eigenvalue weighted by Crippen LogP contribution is -2.15. The molecule has 0 amide bonds. The molecule has 0 saturated heterocycles. The standard InChI is InChI=1S/C16H18N2O3/c1-16(2)8-10(16)14-13(15(17)21-18-14)9-3-4-11-12(7-9)20-6-5-19-11/h3-4,7,10H,5-6,8,17H2,1-2H3. The Balaban J connectivity index is 1.78. The molecule has 0 bridgehead atoms. The second kappa shape index (κ2) is 4.16. The van der Waals surface area contributed by atoms with Crippen LogP contribution < -0.4 is 15.2 Å². The Hall–Kier alpha value is -2.17. The number of nitrogens with zero attached hydrogens (tertiary/aromatic N) is 1. The van der Waals surface area contributed by atoms with Gasteiger partial charge in [-0.25, -0.2) is 0 Å². The van der Waals surface area contributed by atoms with Gasteiger partial charge in [0.2, 0.25) is 5.88 Å². The molecule has 0 radical (unpaired) electrons. The molecule has 1 aliphatic carbocycles. The molecule has 1 atom stereocenters. The second-order valence-electron chi connectivity index (χ2n) is 6.41. The van der Waals surface area contributed by atoms with Crippen LogP contribution in [0.3, 0.4) is 0 Å². The van der Waals surface area contributed by atoms with Gasteiger partial charge in [0, 0.05) is 5.92 Å². The van der Waals surface area contributed by atoms with Gasteiger partial charge in [-0.05, 0) is 29.5 Å². The van der Waals surface area contributed by atoms with Crippen LogP contribution in [0, 0.1) is 5.41 Å². The summed E-state index contributed by atoms with van der Waals surface area (Å²) in [4.78, 5) is 0. The van der Waals surface area contributed by atoms with Gasteiger partial charge in [0.1, 0.15) is 13.2 Å². The first-order valence-electron chi connectivity index (χ1n) is 7.21. The second-order valence-corrected chi connectivity index (χ2v) is 6.41.